The standard InChI is InChI=1S/C15H12O4.2CH5N/c16-14(12-7-3-1-4-8-12)18-11-19-15(17)13-9-5-2-6-10-13;2*1-2/h1-10H,11H2;2*2H2,1H3. The Morgan fingerprint density at radius 1 is 0.696 bits per heavy atom. The van der Waals surface area contributed by atoms with Gasteiger partial charge in [0.2, 0.25) is 6.79 Å². The van der Waals surface area contributed by atoms with E-state index in [1.54, 1.807) is 60.7 Å². The van der Waals surface area contributed by atoms with Crippen molar-refractivity contribution in [3.05, 3.63) is 71.8 Å². The Hall–Kier alpha value is -2.70. The molecule has 0 saturated carbocycles. The van der Waals surface area contributed by atoms with Gasteiger partial charge in [0.1, 0.15) is 0 Å². The summed E-state index contributed by atoms with van der Waals surface area (Å²) in [6, 6.07) is 17.0. The van der Waals surface area contributed by atoms with Crippen molar-refractivity contribution in [2.45, 2.75) is 0 Å². The molecule has 6 nitrogen and oxygen atoms in total. The van der Waals surface area contributed by atoms with Crippen molar-refractivity contribution in [2.24, 2.45) is 11.5 Å². The van der Waals surface area contributed by atoms with Crippen LogP contribution in [0.3, 0.4) is 0 Å². The van der Waals surface area contributed by atoms with Gasteiger partial charge in [-0.25, -0.2) is 9.59 Å². The Kier molecular flexibility index (Phi) is 11.5. The van der Waals surface area contributed by atoms with E-state index >= 15 is 0 Å². The van der Waals surface area contributed by atoms with Gasteiger partial charge in [-0.05, 0) is 38.4 Å². The molecule has 0 aliphatic carbocycles. The van der Waals surface area contributed by atoms with Crippen molar-refractivity contribution < 1.29 is 19.1 Å². The molecule has 2 rings (SSSR count). The number of benzene rings is 2. The first-order valence-electron chi connectivity index (χ1n) is 6.87. The molecule has 0 bridgehead atoms. The number of carbonyl (C=O) groups is 2. The predicted molar refractivity (Wildman–Crippen MR) is 88.8 cm³/mol. The van der Waals surface area contributed by atoms with Crippen LogP contribution in [-0.2, 0) is 9.47 Å². The Labute approximate surface area is 136 Å². The molecule has 4 N–H and O–H groups in total. The van der Waals surface area contributed by atoms with E-state index in [4.69, 9.17) is 9.47 Å². The van der Waals surface area contributed by atoms with E-state index in [2.05, 4.69) is 11.5 Å². The van der Waals surface area contributed by atoms with Gasteiger partial charge in [-0.3, -0.25) is 0 Å². The summed E-state index contributed by atoms with van der Waals surface area (Å²) in [5, 5.41) is 0. The molecule has 0 aliphatic heterocycles. The third-order valence-corrected chi connectivity index (χ3v) is 2.40. The largest absolute Gasteiger partial charge is 0.424 e. The first-order valence-corrected chi connectivity index (χ1v) is 6.87. The molecule has 0 aromatic heterocycles. The average molecular weight is 318 g/mol. The maximum atomic E-state index is 11.5. The fourth-order valence-electron chi connectivity index (χ4n) is 1.45. The average Bonchev–Trinajstić information content (AvgIpc) is 2.66. The normalized spacial score (nSPS) is 8.52. The molecule has 0 aliphatic rings. The smallest absolute Gasteiger partial charge is 0.340 e. The van der Waals surface area contributed by atoms with Crippen LogP contribution in [0.4, 0.5) is 0 Å². The SMILES string of the molecule is CN.CN.O=C(OCOC(=O)c1ccccc1)c1ccccc1. The highest BCUT2D eigenvalue weighted by Gasteiger charge is 2.09. The third kappa shape index (κ3) is 7.75. The van der Waals surface area contributed by atoms with Crippen LogP contribution in [0, 0.1) is 0 Å². The Bertz CT molecular complexity index is 508. The number of hydrogen-bond donors (Lipinski definition) is 2. The van der Waals surface area contributed by atoms with Crippen LogP contribution in [-0.4, -0.2) is 32.8 Å². The lowest BCUT2D eigenvalue weighted by Gasteiger charge is -2.06. The molecule has 6 heteroatoms. The fourth-order valence-corrected chi connectivity index (χ4v) is 1.45. The summed E-state index contributed by atoms with van der Waals surface area (Å²) in [5.41, 5.74) is 9.83. The molecule has 2 aromatic rings. The Morgan fingerprint density at radius 2 is 1.00 bits per heavy atom. The van der Waals surface area contributed by atoms with Crippen LogP contribution in [0.25, 0.3) is 0 Å². The lowest BCUT2D eigenvalue weighted by atomic mass is 10.2. The number of ether oxygens (including phenoxy) is 2. The number of rotatable bonds is 4. The Morgan fingerprint density at radius 3 is 1.30 bits per heavy atom. The van der Waals surface area contributed by atoms with Gasteiger partial charge >= 0.3 is 11.9 Å². The van der Waals surface area contributed by atoms with Crippen LogP contribution in [0.2, 0.25) is 0 Å². The predicted octanol–water partition coefficient (Wildman–Crippen LogP) is 1.81. The summed E-state index contributed by atoms with van der Waals surface area (Å²) in [5.74, 6) is -1.05. The van der Waals surface area contributed by atoms with Gasteiger partial charge in [0.25, 0.3) is 0 Å². The van der Waals surface area contributed by atoms with Crippen LogP contribution in [0.1, 0.15) is 20.7 Å². The molecule has 0 unspecified atom stereocenters. The molecular weight excluding hydrogens is 296 g/mol. The van der Waals surface area contributed by atoms with Gasteiger partial charge in [-0.1, -0.05) is 36.4 Å². The van der Waals surface area contributed by atoms with Crippen molar-refractivity contribution in [1.82, 2.24) is 0 Å². The minimum Gasteiger partial charge on any atom is -0.424 e. The van der Waals surface area contributed by atoms with Crippen molar-refractivity contribution in [1.29, 1.82) is 0 Å². The summed E-state index contributed by atoms with van der Waals surface area (Å²) in [7, 11) is 3.00. The summed E-state index contributed by atoms with van der Waals surface area (Å²) in [6.07, 6.45) is 0. The zero-order chi connectivity index (χ0) is 17.5. The van der Waals surface area contributed by atoms with Gasteiger partial charge in [0, 0.05) is 0 Å². The zero-order valence-corrected chi connectivity index (χ0v) is 13.3. The van der Waals surface area contributed by atoms with Crippen molar-refractivity contribution in [2.75, 3.05) is 20.9 Å². The van der Waals surface area contributed by atoms with Gasteiger partial charge in [0.15, 0.2) is 0 Å². The number of hydrogen-bond acceptors (Lipinski definition) is 6. The molecule has 0 saturated heterocycles. The van der Waals surface area contributed by atoms with E-state index < -0.39 is 18.7 Å². The highest BCUT2D eigenvalue weighted by atomic mass is 16.7. The van der Waals surface area contributed by atoms with Gasteiger partial charge in [-0.15, -0.1) is 0 Å². The first-order chi connectivity index (χ1) is 11.3. The quantitative estimate of drug-likeness (QED) is 0.658. The minimum atomic E-state index is -0.526. The molecule has 0 fully saturated rings. The zero-order valence-electron chi connectivity index (χ0n) is 13.3. The number of carbonyl (C=O) groups excluding carboxylic acids is 2. The van der Waals surface area contributed by atoms with E-state index in [-0.39, 0.29) is 0 Å². The topological polar surface area (TPSA) is 105 Å². The summed E-state index contributed by atoms with van der Waals surface area (Å²) < 4.78 is 9.68. The molecule has 124 valence electrons. The monoisotopic (exact) mass is 318 g/mol. The molecule has 0 heterocycles. The van der Waals surface area contributed by atoms with Gasteiger partial charge < -0.3 is 20.9 Å². The lowest BCUT2D eigenvalue weighted by Crippen LogP contribution is -2.13. The van der Waals surface area contributed by atoms with Crippen molar-refractivity contribution in [3.63, 3.8) is 0 Å². The van der Waals surface area contributed by atoms with E-state index in [0.717, 1.165) is 0 Å². The van der Waals surface area contributed by atoms with Crippen LogP contribution >= 0.6 is 0 Å². The summed E-state index contributed by atoms with van der Waals surface area (Å²) in [4.78, 5) is 23.1. The van der Waals surface area contributed by atoms with Crippen molar-refractivity contribution in [3.8, 4) is 0 Å². The first kappa shape index (κ1) is 20.3. The van der Waals surface area contributed by atoms with E-state index in [1.165, 1.54) is 14.1 Å². The molecule has 0 radical (unpaired) electrons. The highest BCUT2D eigenvalue weighted by Crippen LogP contribution is 2.03. The number of nitrogens with two attached hydrogens (primary N) is 2. The second kappa shape index (κ2) is 13.0. The van der Waals surface area contributed by atoms with E-state index in [1.807, 2.05) is 0 Å². The summed E-state index contributed by atoms with van der Waals surface area (Å²) in [6.45, 7) is -0.401. The molecule has 0 amide bonds. The van der Waals surface area contributed by atoms with Gasteiger partial charge in [0.05, 0.1) is 11.1 Å². The number of esters is 2. The lowest BCUT2D eigenvalue weighted by molar-refractivity contribution is -0.0167. The van der Waals surface area contributed by atoms with Crippen LogP contribution < -0.4 is 11.5 Å². The molecular formula is C17H22N2O4. The van der Waals surface area contributed by atoms with Crippen LogP contribution in [0.5, 0.6) is 0 Å². The van der Waals surface area contributed by atoms with Crippen molar-refractivity contribution >= 4 is 11.9 Å². The molecule has 0 atom stereocenters. The molecule has 23 heavy (non-hydrogen) atoms. The summed E-state index contributed by atoms with van der Waals surface area (Å²) >= 11 is 0. The van der Waals surface area contributed by atoms with Gasteiger partial charge in [-0.2, -0.15) is 0 Å². The molecule has 0 spiro atoms. The van der Waals surface area contributed by atoms with E-state index in [0.29, 0.717) is 11.1 Å². The maximum Gasteiger partial charge on any atom is 0.340 e. The Balaban J connectivity index is 0.00000112. The van der Waals surface area contributed by atoms with E-state index in [9.17, 15) is 9.59 Å². The molecule has 2 aromatic carbocycles. The van der Waals surface area contributed by atoms with Crippen LogP contribution in [0.15, 0.2) is 60.7 Å². The maximum absolute atomic E-state index is 11.5. The third-order valence-electron chi connectivity index (χ3n) is 2.40. The second-order valence-electron chi connectivity index (χ2n) is 3.71. The second-order valence-corrected chi connectivity index (χ2v) is 3.71. The highest BCUT2D eigenvalue weighted by molar-refractivity contribution is 5.90. The minimum absolute atomic E-state index is 0.401. The fraction of sp³-hybridized carbons (Fsp3) is 0.176.